The van der Waals surface area contributed by atoms with Crippen molar-refractivity contribution in [2.75, 3.05) is 19.7 Å². The van der Waals surface area contributed by atoms with Crippen molar-refractivity contribution < 1.29 is 4.74 Å². The molecule has 0 radical (unpaired) electrons. The van der Waals surface area contributed by atoms with Crippen molar-refractivity contribution in [3.05, 3.63) is 0 Å². The summed E-state index contributed by atoms with van der Waals surface area (Å²) in [6, 6.07) is 0.751. The lowest BCUT2D eigenvalue weighted by molar-refractivity contribution is -0.00157. The second-order valence-electron chi connectivity index (χ2n) is 4.72. The number of hydrogen-bond acceptors (Lipinski definition) is 2. The number of nitrogens with zero attached hydrogens (tertiary/aromatic N) is 1. The number of likely N-dealkylation sites (tertiary alicyclic amines) is 1. The summed E-state index contributed by atoms with van der Waals surface area (Å²) in [5.74, 6) is 0. The van der Waals surface area contributed by atoms with E-state index in [1.807, 2.05) is 0 Å². The fourth-order valence-electron chi connectivity index (χ4n) is 2.14. The van der Waals surface area contributed by atoms with Gasteiger partial charge in [0.1, 0.15) is 0 Å². The van der Waals surface area contributed by atoms with Gasteiger partial charge in [-0.1, -0.05) is 20.3 Å². The molecule has 0 aromatic carbocycles. The molecular formula is C13H27NO. The average molecular weight is 213 g/mol. The smallest absolute Gasteiger partial charge is 0.0599 e. The average Bonchev–Trinajstić information content (AvgIpc) is 2.29. The van der Waals surface area contributed by atoms with Crippen molar-refractivity contribution in [1.29, 1.82) is 0 Å². The molecule has 0 amide bonds. The van der Waals surface area contributed by atoms with Crippen LogP contribution in [0.4, 0.5) is 0 Å². The molecule has 0 saturated carbocycles. The summed E-state index contributed by atoms with van der Waals surface area (Å²) in [6.07, 6.45) is 6.72. The van der Waals surface area contributed by atoms with Crippen LogP contribution in [0.5, 0.6) is 0 Å². The van der Waals surface area contributed by atoms with Gasteiger partial charge in [-0.3, -0.25) is 0 Å². The predicted molar refractivity (Wildman–Crippen MR) is 65.2 cm³/mol. The molecule has 1 aliphatic heterocycles. The largest absolute Gasteiger partial charge is 0.378 e. The highest BCUT2D eigenvalue weighted by molar-refractivity contribution is 4.75. The molecule has 2 heteroatoms. The maximum absolute atomic E-state index is 5.86. The van der Waals surface area contributed by atoms with Gasteiger partial charge in [-0.15, -0.1) is 0 Å². The van der Waals surface area contributed by atoms with Gasteiger partial charge in [-0.05, 0) is 32.6 Å². The standard InChI is InChI=1S/C13H27NO/c1-4-6-11-15-13-7-9-14(10-8-13)12(3)5-2/h12-13H,4-11H2,1-3H3. The van der Waals surface area contributed by atoms with E-state index in [2.05, 4.69) is 25.7 Å². The molecule has 1 fully saturated rings. The maximum atomic E-state index is 5.86. The molecular weight excluding hydrogens is 186 g/mol. The monoisotopic (exact) mass is 213 g/mol. The Bertz CT molecular complexity index is 153. The van der Waals surface area contributed by atoms with Crippen LogP contribution in [0.1, 0.15) is 52.9 Å². The molecule has 0 aliphatic carbocycles. The number of rotatable bonds is 6. The molecule has 2 nitrogen and oxygen atoms in total. The fraction of sp³-hybridized carbons (Fsp3) is 1.00. The molecule has 0 spiro atoms. The second-order valence-corrected chi connectivity index (χ2v) is 4.72. The van der Waals surface area contributed by atoms with E-state index in [1.54, 1.807) is 0 Å². The summed E-state index contributed by atoms with van der Waals surface area (Å²) in [5.41, 5.74) is 0. The summed E-state index contributed by atoms with van der Waals surface area (Å²) < 4.78 is 5.86. The summed E-state index contributed by atoms with van der Waals surface area (Å²) in [4.78, 5) is 2.60. The van der Waals surface area contributed by atoms with Crippen molar-refractivity contribution in [3.8, 4) is 0 Å². The summed E-state index contributed by atoms with van der Waals surface area (Å²) in [7, 11) is 0. The van der Waals surface area contributed by atoms with Gasteiger partial charge in [0.25, 0.3) is 0 Å². The van der Waals surface area contributed by atoms with Crippen LogP contribution >= 0.6 is 0 Å². The first-order chi connectivity index (χ1) is 7.27. The molecule has 1 saturated heterocycles. The topological polar surface area (TPSA) is 12.5 Å². The number of hydrogen-bond donors (Lipinski definition) is 0. The molecule has 1 unspecified atom stereocenters. The third kappa shape index (κ3) is 4.52. The maximum Gasteiger partial charge on any atom is 0.0599 e. The second kappa shape index (κ2) is 7.24. The van der Waals surface area contributed by atoms with Crippen LogP contribution < -0.4 is 0 Å². The molecule has 0 aromatic heterocycles. The first-order valence-corrected chi connectivity index (χ1v) is 6.63. The SMILES string of the molecule is CCCCOC1CCN(C(C)CC)CC1. The van der Waals surface area contributed by atoms with E-state index < -0.39 is 0 Å². The summed E-state index contributed by atoms with van der Waals surface area (Å²) in [5, 5.41) is 0. The minimum absolute atomic E-state index is 0.539. The minimum Gasteiger partial charge on any atom is -0.378 e. The van der Waals surface area contributed by atoms with E-state index in [-0.39, 0.29) is 0 Å². The van der Waals surface area contributed by atoms with Gasteiger partial charge in [0.05, 0.1) is 6.10 Å². The summed E-state index contributed by atoms with van der Waals surface area (Å²) in [6.45, 7) is 10.2. The van der Waals surface area contributed by atoms with Crippen LogP contribution in [0.25, 0.3) is 0 Å². The zero-order chi connectivity index (χ0) is 11.1. The lowest BCUT2D eigenvalue weighted by Gasteiger charge is -2.35. The van der Waals surface area contributed by atoms with Crippen molar-refractivity contribution in [3.63, 3.8) is 0 Å². The Morgan fingerprint density at radius 1 is 1.27 bits per heavy atom. The Morgan fingerprint density at radius 3 is 2.47 bits per heavy atom. The highest BCUT2D eigenvalue weighted by Gasteiger charge is 2.21. The Balaban J connectivity index is 2.12. The molecule has 1 heterocycles. The van der Waals surface area contributed by atoms with Gasteiger partial charge in [-0.2, -0.15) is 0 Å². The molecule has 0 aromatic rings. The zero-order valence-corrected chi connectivity index (χ0v) is 10.7. The lowest BCUT2D eigenvalue weighted by atomic mass is 10.1. The molecule has 1 aliphatic rings. The lowest BCUT2D eigenvalue weighted by Crippen LogP contribution is -2.41. The first-order valence-electron chi connectivity index (χ1n) is 6.63. The van der Waals surface area contributed by atoms with E-state index in [9.17, 15) is 0 Å². The van der Waals surface area contributed by atoms with Crippen LogP contribution in [0.3, 0.4) is 0 Å². The predicted octanol–water partition coefficient (Wildman–Crippen LogP) is 3.07. The molecule has 1 atom stereocenters. The van der Waals surface area contributed by atoms with E-state index >= 15 is 0 Å². The Morgan fingerprint density at radius 2 is 1.93 bits per heavy atom. The van der Waals surface area contributed by atoms with Crippen molar-refractivity contribution >= 4 is 0 Å². The minimum atomic E-state index is 0.539. The highest BCUT2D eigenvalue weighted by Crippen LogP contribution is 2.17. The fourth-order valence-corrected chi connectivity index (χ4v) is 2.14. The van der Waals surface area contributed by atoms with Crippen LogP contribution in [-0.2, 0) is 4.74 Å². The van der Waals surface area contributed by atoms with E-state index in [1.165, 1.54) is 45.2 Å². The van der Waals surface area contributed by atoms with E-state index in [4.69, 9.17) is 4.74 Å². The third-order valence-corrected chi connectivity index (χ3v) is 3.54. The normalized spacial score (nSPS) is 21.8. The van der Waals surface area contributed by atoms with Crippen LogP contribution in [0, 0.1) is 0 Å². The molecule has 0 bridgehead atoms. The zero-order valence-electron chi connectivity index (χ0n) is 10.7. The van der Waals surface area contributed by atoms with Crippen LogP contribution in [0.15, 0.2) is 0 Å². The number of piperidine rings is 1. The van der Waals surface area contributed by atoms with Gasteiger partial charge in [0.15, 0.2) is 0 Å². The molecule has 1 rings (SSSR count). The van der Waals surface area contributed by atoms with Crippen molar-refractivity contribution in [2.24, 2.45) is 0 Å². The van der Waals surface area contributed by atoms with Crippen LogP contribution in [-0.4, -0.2) is 36.7 Å². The Kier molecular flexibility index (Phi) is 6.26. The van der Waals surface area contributed by atoms with Gasteiger partial charge < -0.3 is 9.64 Å². The quantitative estimate of drug-likeness (QED) is 0.629. The van der Waals surface area contributed by atoms with Gasteiger partial charge in [-0.25, -0.2) is 0 Å². The van der Waals surface area contributed by atoms with Gasteiger partial charge >= 0.3 is 0 Å². The summed E-state index contributed by atoms with van der Waals surface area (Å²) >= 11 is 0. The molecule has 15 heavy (non-hydrogen) atoms. The first kappa shape index (κ1) is 13.0. The van der Waals surface area contributed by atoms with Crippen molar-refractivity contribution in [1.82, 2.24) is 4.90 Å². The highest BCUT2D eigenvalue weighted by atomic mass is 16.5. The Labute approximate surface area is 95.0 Å². The Hall–Kier alpha value is -0.0800. The molecule has 90 valence electrons. The van der Waals surface area contributed by atoms with Crippen molar-refractivity contribution in [2.45, 2.75) is 65.0 Å². The van der Waals surface area contributed by atoms with E-state index in [0.29, 0.717) is 6.10 Å². The number of unbranched alkanes of at least 4 members (excludes halogenated alkanes) is 1. The van der Waals surface area contributed by atoms with Gasteiger partial charge in [0, 0.05) is 25.7 Å². The van der Waals surface area contributed by atoms with Gasteiger partial charge in [0.2, 0.25) is 0 Å². The molecule has 0 N–H and O–H groups in total. The van der Waals surface area contributed by atoms with E-state index in [0.717, 1.165) is 12.6 Å². The van der Waals surface area contributed by atoms with Crippen LogP contribution in [0.2, 0.25) is 0 Å². The third-order valence-electron chi connectivity index (χ3n) is 3.54. The number of ether oxygens (including phenoxy) is 1.